The third kappa shape index (κ3) is 4.92. The fourth-order valence-corrected chi connectivity index (χ4v) is 6.82. The molecule has 0 bridgehead atoms. The SMILES string of the molecule is Cc1nc(-c2ccc(N3CCN(C4CCOC4)CC3)cc2)cc2c1cc(-c1ccc(S(=O)(=O)N(C)C)cc1)n2C. The van der Waals surface area contributed by atoms with E-state index < -0.39 is 10.0 Å². The zero-order valence-electron chi connectivity index (χ0n) is 23.7. The maximum Gasteiger partial charge on any atom is 0.242 e. The summed E-state index contributed by atoms with van der Waals surface area (Å²) in [4.78, 5) is 10.3. The van der Waals surface area contributed by atoms with Gasteiger partial charge in [0.15, 0.2) is 0 Å². The van der Waals surface area contributed by atoms with E-state index >= 15 is 0 Å². The molecule has 8 nitrogen and oxygen atoms in total. The Hall–Kier alpha value is -3.24. The van der Waals surface area contributed by atoms with Gasteiger partial charge in [-0.15, -0.1) is 0 Å². The molecule has 9 heteroatoms. The first-order valence-corrected chi connectivity index (χ1v) is 15.3. The summed E-state index contributed by atoms with van der Waals surface area (Å²) in [5, 5.41) is 1.09. The average Bonchev–Trinajstić information content (AvgIpc) is 3.62. The summed E-state index contributed by atoms with van der Waals surface area (Å²) < 4.78 is 33.9. The van der Waals surface area contributed by atoms with Gasteiger partial charge in [0, 0.05) is 88.0 Å². The molecule has 1 atom stereocenters. The molecule has 2 aromatic carbocycles. The number of ether oxygens (including phenoxy) is 1. The van der Waals surface area contributed by atoms with Crippen LogP contribution in [0.5, 0.6) is 0 Å². The fraction of sp³-hybridized carbons (Fsp3) is 0.387. The Balaban J connectivity index is 1.23. The van der Waals surface area contributed by atoms with Crippen molar-refractivity contribution in [1.82, 2.24) is 18.8 Å². The summed E-state index contributed by atoms with van der Waals surface area (Å²) in [5.41, 5.74) is 7.34. The van der Waals surface area contributed by atoms with Crippen LogP contribution in [-0.2, 0) is 21.8 Å². The maximum atomic E-state index is 12.5. The van der Waals surface area contributed by atoms with Crippen molar-refractivity contribution in [1.29, 1.82) is 0 Å². The Labute approximate surface area is 236 Å². The van der Waals surface area contributed by atoms with Crippen molar-refractivity contribution >= 4 is 26.6 Å². The van der Waals surface area contributed by atoms with Crippen molar-refractivity contribution in [2.24, 2.45) is 7.05 Å². The zero-order valence-corrected chi connectivity index (χ0v) is 24.5. The Morgan fingerprint density at radius 1 is 0.925 bits per heavy atom. The largest absolute Gasteiger partial charge is 0.380 e. The molecule has 2 fully saturated rings. The van der Waals surface area contributed by atoms with Crippen molar-refractivity contribution in [3.8, 4) is 22.5 Å². The molecule has 0 aliphatic carbocycles. The second-order valence-electron chi connectivity index (χ2n) is 11.0. The fourth-order valence-electron chi connectivity index (χ4n) is 5.92. The number of aryl methyl sites for hydroxylation is 2. The summed E-state index contributed by atoms with van der Waals surface area (Å²) in [6.45, 7) is 8.05. The summed E-state index contributed by atoms with van der Waals surface area (Å²) in [6, 6.07) is 20.7. The van der Waals surface area contributed by atoms with Crippen LogP contribution in [0.4, 0.5) is 5.69 Å². The minimum Gasteiger partial charge on any atom is -0.380 e. The normalized spacial score (nSPS) is 18.7. The van der Waals surface area contributed by atoms with E-state index in [2.05, 4.69) is 50.8 Å². The second-order valence-corrected chi connectivity index (χ2v) is 13.2. The topological polar surface area (TPSA) is 70.9 Å². The number of piperazine rings is 1. The van der Waals surface area contributed by atoms with Gasteiger partial charge in [-0.3, -0.25) is 9.88 Å². The van der Waals surface area contributed by atoms with Gasteiger partial charge in [0.2, 0.25) is 10.0 Å². The highest BCUT2D eigenvalue weighted by Gasteiger charge is 2.27. The standard InChI is InChI=1S/C31H37N5O3S/c1-22-28-19-30(24-7-11-27(12-8-24)40(37,38)33(2)3)34(4)31(28)20-29(32-22)23-5-9-25(10-6-23)35-14-16-36(17-15-35)26-13-18-39-21-26/h5-12,19-20,26H,13-18,21H2,1-4H3. The number of sulfonamides is 1. The van der Waals surface area contributed by atoms with Gasteiger partial charge in [0.05, 0.1) is 22.7 Å². The van der Waals surface area contributed by atoms with Crippen LogP contribution in [0.2, 0.25) is 0 Å². The van der Waals surface area contributed by atoms with Crippen molar-refractivity contribution < 1.29 is 13.2 Å². The molecule has 0 spiro atoms. The van der Waals surface area contributed by atoms with E-state index in [1.807, 2.05) is 26.1 Å². The van der Waals surface area contributed by atoms with Gasteiger partial charge in [-0.25, -0.2) is 12.7 Å². The van der Waals surface area contributed by atoms with Crippen LogP contribution in [0.15, 0.2) is 65.6 Å². The van der Waals surface area contributed by atoms with Crippen molar-refractivity contribution in [2.75, 3.05) is 58.4 Å². The molecule has 0 radical (unpaired) electrons. The van der Waals surface area contributed by atoms with E-state index in [0.717, 1.165) is 84.9 Å². The number of fused-ring (bicyclic) bond motifs is 1. The lowest BCUT2D eigenvalue weighted by molar-refractivity contribution is 0.139. The molecule has 210 valence electrons. The number of anilines is 1. The predicted octanol–water partition coefficient (Wildman–Crippen LogP) is 4.38. The van der Waals surface area contributed by atoms with E-state index in [4.69, 9.17) is 9.72 Å². The Morgan fingerprint density at radius 3 is 2.23 bits per heavy atom. The number of benzene rings is 2. The average molecular weight is 560 g/mol. The van der Waals surface area contributed by atoms with E-state index in [-0.39, 0.29) is 4.90 Å². The van der Waals surface area contributed by atoms with Gasteiger partial charge in [-0.1, -0.05) is 24.3 Å². The first kappa shape index (κ1) is 27.0. The van der Waals surface area contributed by atoms with E-state index in [1.165, 1.54) is 9.99 Å². The molecular formula is C31H37N5O3S. The molecule has 4 heterocycles. The van der Waals surface area contributed by atoms with Crippen LogP contribution in [0.3, 0.4) is 0 Å². The van der Waals surface area contributed by atoms with Crippen LogP contribution in [0.1, 0.15) is 12.1 Å². The van der Waals surface area contributed by atoms with Crippen molar-refractivity contribution in [2.45, 2.75) is 24.3 Å². The monoisotopic (exact) mass is 559 g/mol. The van der Waals surface area contributed by atoms with Crippen LogP contribution in [0.25, 0.3) is 33.4 Å². The van der Waals surface area contributed by atoms with Crippen LogP contribution in [-0.4, -0.2) is 86.7 Å². The van der Waals surface area contributed by atoms with E-state index in [0.29, 0.717) is 6.04 Å². The molecular weight excluding hydrogens is 522 g/mol. The third-order valence-corrected chi connectivity index (χ3v) is 10.3. The summed E-state index contributed by atoms with van der Waals surface area (Å²) in [6.07, 6.45) is 1.15. The molecule has 40 heavy (non-hydrogen) atoms. The molecule has 0 amide bonds. The molecule has 2 aromatic heterocycles. The lowest BCUT2D eigenvalue weighted by atomic mass is 10.1. The smallest absolute Gasteiger partial charge is 0.242 e. The van der Waals surface area contributed by atoms with Gasteiger partial charge >= 0.3 is 0 Å². The molecule has 6 rings (SSSR count). The number of nitrogens with zero attached hydrogens (tertiary/aromatic N) is 5. The highest BCUT2D eigenvalue weighted by molar-refractivity contribution is 7.89. The molecule has 0 N–H and O–H groups in total. The minimum absolute atomic E-state index is 0.286. The summed E-state index contributed by atoms with van der Waals surface area (Å²) >= 11 is 0. The Kier molecular flexibility index (Phi) is 7.16. The molecule has 2 aliphatic heterocycles. The Bertz CT molecular complexity index is 1610. The minimum atomic E-state index is -3.46. The Morgan fingerprint density at radius 2 is 1.60 bits per heavy atom. The summed E-state index contributed by atoms with van der Waals surface area (Å²) in [7, 11) is 1.67. The highest BCUT2D eigenvalue weighted by Crippen LogP contribution is 2.33. The van der Waals surface area contributed by atoms with Crippen molar-refractivity contribution in [3.63, 3.8) is 0 Å². The van der Waals surface area contributed by atoms with Crippen molar-refractivity contribution in [3.05, 3.63) is 66.4 Å². The van der Waals surface area contributed by atoms with Crippen LogP contribution < -0.4 is 4.90 Å². The predicted molar refractivity (Wildman–Crippen MR) is 160 cm³/mol. The van der Waals surface area contributed by atoms with Gasteiger partial charge in [0.1, 0.15) is 0 Å². The van der Waals surface area contributed by atoms with Gasteiger partial charge in [0.25, 0.3) is 0 Å². The quantitative estimate of drug-likeness (QED) is 0.349. The molecule has 2 aliphatic rings. The maximum absolute atomic E-state index is 12.5. The molecule has 0 saturated carbocycles. The molecule has 4 aromatic rings. The van der Waals surface area contributed by atoms with Gasteiger partial charge < -0.3 is 14.2 Å². The number of aromatic nitrogens is 2. The van der Waals surface area contributed by atoms with Gasteiger partial charge in [-0.2, -0.15) is 0 Å². The lowest BCUT2D eigenvalue weighted by Gasteiger charge is -2.38. The summed E-state index contributed by atoms with van der Waals surface area (Å²) in [5.74, 6) is 0. The molecule has 1 unspecified atom stereocenters. The van der Waals surface area contributed by atoms with E-state index in [1.54, 1.807) is 26.2 Å². The van der Waals surface area contributed by atoms with E-state index in [9.17, 15) is 8.42 Å². The lowest BCUT2D eigenvalue weighted by Crippen LogP contribution is -2.50. The number of rotatable bonds is 6. The van der Waals surface area contributed by atoms with Crippen LogP contribution >= 0.6 is 0 Å². The molecule has 2 saturated heterocycles. The third-order valence-electron chi connectivity index (χ3n) is 8.42. The van der Waals surface area contributed by atoms with Gasteiger partial charge in [-0.05, 0) is 55.3 Å². The number of hydrogen-bond acceptors (Lipinski definition) is 6. The zero-order chi connectivity index (χ0) is 28.0. The number of hydrogen-bond donors (Lipinski definition) is 0. The first-order chi connectivity index (χ1) is 19.2. The number of pyridine rings is 1. The highest BCUT2D eigenvalue weighted by atomic mass is 32.2. The second kappa shape index (κ2) is 10.6. The van der Waals surface area contributed by atoms with Crippen LogP contribution in [0, 0.1) is 6.92 Å². The first-order valence-electron chi connectivity index (χ1n) is 13.9.